The Bertz CT molecular complexity index is 429. The van der Waals surface area contributed by atoms with Crippen molar-refractivity contribution in [3.63, 3.8) is 0 Å². The van der Waals surface area contributed by atoms with Crippen molar-refractivity contribution in [3.05, 3.63) is 23.3 Å². The molecule has 1 nitrogen and oxygen atoms in total. The van der Waals surface area contributed by atoms with E-state index in [1.54, 1.807) is 0 Å². The van der Waals surface area contributed by atoms with Crippen LogP contribution in [0.1, 0.15) is 66.2 Å². The average molecular weight is 274 g/mol. The highest BCUT2D eigenvalue weighted by molar-refractivity contribution is 5.99. The van der Waals surface area contributed by atoms with E-state index >= 15 is 0 Å². The fraction of sp³-hybridized carbons (Fsp3) is 0.737. The molecule has 0 unspecified atom stereocenters. The molecule has 0 saturated heterocycles. The quantitative estimate of drug-likeness (QED) is 0.634. The van der Waals surface area contributed by atoms with Gasteiger partial charge >= 0.3 is 0 Å². The fourth-order valence-corrected chi connectivity index (χ4v) is 4.12. The summed E-state index contributed by atoms with van der Waals surface area (Å²) in [6.45, 7) is 12.9. The van der Waals surface area contributed by atoms with Crippen LogP contribution in [0.3, 0.4) is 0 Å². The van der Waals surface area contributed by atoms with Crippen LogP contribution < -0.4 is 0 Å². The van der Waals surface area contributed by atoms with Crippen LogP contribution in [0.5, 0.6) is 0 Å². The molecule has 0 N–H and O–H groups in total. The van der Waals surface area contributed by atoms with Crippen LogP contribution in [0.2, 0.25) is 0 Å². The third-order valence-electron chi connectivity index (χ3n) is 5.60. The van der Waals surface area contributed by atoms with E-state index in [0.29, 0.717) is 23.5 Å². The lowest BCUT2D eigenvalue weighted by molar-refractivity contribution is -0.121. The Balaban J connectivity index is 2.16. The second-order valence-electron chi connectivity index (χ2n) is 7.34. The van der Waals surface area contributed by atoms with E-state index in [4.69, 9.17) is 0 Å². The predicted octanol–water partition coefficient (Wildman–Crippen LogP) is 5.32. The Kier molecular flexibility index (Phi) is 4.88. The lowest BCUT2D eigenvalue weighted by Gasteiger charge is -2.22. The standard InChI is InChI=1S/C19H30O/c1-12(2)6-7-14(4)17-11-8-13(3)16-10-9-15(5)18(16)19(17)20/h13-14,16-17H,1,6-11H2,2-5H3/t13-,14+,16+,17+/m1/s1. The highest BCUT2D eigenvalue weighted by atomic mass is 16.1. The van der Waals surface area contributed by atoms with Gasteiger partial charge in [-0.1, -0.05) is 25.0 Å². The van der Waals surface area contributed by atoms with Gasteiger partial charge < -0.3 is 0 Å². The summed E-state index contributed by atoms with van der Waals surface area (Å²) in [6, 6.07) is 0. The first kappa shape index (κ1) is 15.5. The van der Waals surface area contributed by atoms with Crippen LogP contribution in [-0.2, 0) is 4.79 Å². The smallest absolute Gasteiger partial charge is 0.162 e. The number of hydrogen-bond donors (Lipinski definition) is 0. The van der Waals surface area contributed by atoms with Crippen molar-refractivity contribution in [2.75, 3.05) is 0 Å². The van der Waals surface area contributed by atoms with Gasteiger partial charge in [0, 0.05) is 5.92 Å². The van der Waals surface area contributed by atoms with Crippen molar-refractivity contribution < 1.29 is 4.79 Å². The van der Waals surface area contributed by atoms with Crippen LogP contribution in [-0.4, -0.2) is 5.78 Å². The van der Waals surface area contributed by atoms with Crippen LogP contribution in [0.4, 0.5) is 0 Å². The number of fused-ring (bicyclic) bond motifs is 1. The topological polar surface area (TPSA) is 17.1 Å². The maximum Gasteiger partial charge on any atom is 0.162 e. The Morgan fingerprint density at radius 1 is 1.35 bits per heavy atom. The number of carbonyl (C=O) groups is 1. The summed E-state index contributed by atoms with van der Waals surface area (Å²) in [7, 11) is 0. The maximum absolute atomic E-state index is 13.0. The average Bonchev–Trinajstić information content (AvgIpc) is 2.72. The van der Waals surface area contributed by atoms with E-state index < -0.39 is 0 Å². The summed E-state index contributed by atoms with van der Waals surface area (Å²) in [6.07, 6.45) is 6.82. The third kappa shape index (κ3) is 3.07. The molecule has 20 heavy (non-hydrogen) atoms. The van der Waals surface area contributed by atoms with Gasteiger partial charge in [-0.05, 0) is 75.7 Å². The zero-order valence-corrected chi connectivity index (χ0v) is 13.7. The first-order chi connectivity index (χ1) is 9.41. The lowest BCUT2D eigenvalue weighted by Crippen LogP contribution is -2.24. The summed E-state index contributed by atoms with van der Waals surface area (Å²) in [4.78, 5) is 13.0. The molecule has 2 rings (SSSR count). The summed E-state index contributed by atoms with van der Waals surface area (Å²) >= 11 is 0. The molecule has 0 spiro atoms. The summed E-state index contributed by atoms with van der Waals surface area (Å²) in [5, 5.41) is 0. The number of ketones is 1. The minimum Gasteiger partial charge on any atom is -0.294 e. The van der Waals surface area contributed by atoms with Gasteiger partial charge in [0.1, 0.15) is 0 Å². The number of rotatable bonds is 4. The Morgan fingerprint density at radius 3 is 2.70 bits per heavy atom. The van der Waals surface area contributed by atoms with Crippen molar-refractivity contribution in [2.45, 2.75) is 66.2 Å². The van der Waals surface area contributed by atoms with Crippen molar-refractivity contribution in [2.24, 2.45) is 23.7 Å². The van der Waals surface area contributed by atoms with Gasteiger partial charge in [0.05, 0.1) is 0 Å². The van der Waals surface area contributed by atoms with Gasteiger partial charge in [0.2, 0.25) is 0 Å². The third-order valence-corrected chi connectivity index (χ3v) is 5.60. The van der Waals surface area contributed by atoms with Crippen LogP contribution in [0.25, 0.3) is 0 Å². The zero-order chi connectivity index (χ0) is 14.9. The molecule has 2 aliphatic carbocycles. The molecule has 0 aromatic carbocycles. The first-order valence-corrected chi connectivity index (χ1v) is 8.30. The van der Waals surface area contributed by atoms with Gasteiger partial charge in [-0.15, -0.1) is 6.58 Å². The highest BCUT2D eigenvalue weighted by Crippen LogP contribution is 2.45. The normalized spacial score (nSPS) is 32.0. The maximum atomic E-state index is 13.0. The van der Waals surface area contributed by atoms with Crippen molar-refractivity contribution in [1.29, 1.82) is 0 Å². The first-order valence-electron chi connectivity index (χ1n) is 8.30. The molecule has 0 bridgehead atoms. The molecule has 0 radical (unpaired) electrons. The van der Waals surface area contributed by atoms with E-state index in [0.717, 1.165) is 25.7 Å². The van der Waals surface area contributed by atoms with Gasteiger partial charge in [0.15, 0.2) is 5.78 Å². The number of hydrogen-bond acceptors (Lipinski definition) is 1. The van der Waals surface area contributed by atoms with Crippen molar-refractivity contribution in [3.8, 4) is 0 Å². The van der Waals surface area contributed by atoms with Crippen molar-refractivity contribution >= 4 is 5.78 Å². The molecule has 0 amide bonds. The minimum atomic E-state index is 0.254. The SMILES string of the molecule is C=C(C)CC[C@H](C)[C@@H]1CC[C@@H](C)[C@@H]2CCC(C)=C2C1=O. The molecule has 4 atom stereocenters. The second kappa shape index (κ2) is 6.28. The molecule has 0 aliphatic heterocycles. The Hall–Kier alpha value is -0.850. The molecule has 2 aliphatic rings. The molecule has 1 heteroatoms. The lowest BCUT2D eigenvalue weighted by atomic mass is 9.81. The summed E-state index contributed by atoms with van der Waals surface area (Å²) < 4.78 is 0. The van der Waals surface area contributed by atoms with Crippen LogP contribution in [0.15, 0.2) is 23.3 Å². The number of Topliss-reactive ketones (excluding diaryl/α,β-unsaturated/α-hetero) is 1. The van der Waals surface area contributed by atoms with E-state index in [2.05, 4.69) is 34.3 Å². The second-order valence-corrected chi connectivity index (χ2v) is 7.34. The van der Waals surface area contributed by atoms with Gasteiger partial charge in [-0.25, -0.2) is 0 Å². The van der Waals surface area contributed by atoms with Gasteiger partial charge in [-0.3, -0.25) is 4.79 Å². The molecule has 1 fully saturated rings. The number of carbonyl (C=O) groups excluding carboxylic acids is 1. The van der Waals surface area contributed by atoms with Gasteiger partial charge in [-0.2, -0.15) is 0 Å². The number of allylic oxidation sites excluding steroid dienone is 3. The highest BCUT2D eigenvalue weighted by Gasteiger charge is 2.39. The van der Waals surface area contributed by atoms with E-state index in [1.807, 2.05) is 0 Å². The molecule has 112 valence electrons. The fourth-order valence-electron chi connectivity index (χ4n) is 4.12. The molecule has 0 heterocycles. The monoisotopic (exact) mass is 274 g/mol. The van der Waals surface area contributed by atoms with Crippen LogP contribution in [0, 0.1) is 23.7 Å². The summed E-state index contributed by atoms with van der Waals surface area (Å²) in [5.74, 6) is 2.48. The minimum absolute atomic E-state index is 0.254. The van der Waals surface area contributed by atoms with Crippen LogP contribution >= 0.6 is 0 Å². The molecule has 0 aromatic rings. The molecular formula is C19H30O. The predicted molar refractivity (Wildman–Crippen MR) is 85.5 cm³/mol. The zero-order valence-electron chi connectivity index (χ0n) is 13.7. The van der Waals surface area contributed by atoms with E-state index in [1.165, 1.54) is 29.6 Å². The Morgan fingerprint density at radius 2 is 2.05 bits per heavy atom. The largest absolute Gasteiger partial charge is 0.294 e. The molecule has 1 saturated carbocycles. The van der Waals surface area contributed by atoms with E-state index in [9.17, 15) is 4.79 Å². The molecule has 0 aromatic heterocycles. The van der Waals surface area contributed by atoms with E-state index in [-0.39, 0.29) is 5.92 Å². The van der Waals surface area contributed by atoms with Gasteiger partial charge in [0.25, 0.3) is 0 Å². The molecular weight excluding hydrogens is 244 g/mol. The summed E-state index contributed by atoms with van der Waals surface area (Å²) in [5.41, 5.74) is 3.84. The Labute approximate surface area is 124 Å². The van der Waals surface area contributed by atoms with Crippen molar-refractivity contribution in [1.82, 2.24) is 0 Å².